The number of hydrogen-bond acceptors (Lipinski definition) is 2. The molecule has 0 aromatic heterocycles. The molecule has 2 nitrogen and oxygen atoms in total. The molecule has 98 valence electrons. The zero-order valence-corrected chi connectivity index (χ0v) is 12.6. The second-order valence-corrected chi connectivity index (χ2v) is 7.00. The highest BCUT2D eigenvalue weighted by molar-refractivity contribution is 9.10. The second kappa shape index (κ2) is 6.17. The molecule has 0 aliphatic rings. The van der Waals surface area contributed by atoms with Crippen molar-refractivity contribution in [2.24, 2.45) is 0 Å². The smallest absolute Gasteiger partial charge is 0.181 e. The van der Waals surface area contributed by atoms with Gasteiger partial charge in [0.15, 0.2) is 9.84 Å². The van der Waals surface area contributed by atoms with E-state index in [0.717, 1.165) is 10.0 Å². The Bertz CT molecular complexity index is 659. The zero-order valence-electron chi connectivity index (χ0n) is 10.2. The molecule has 0 amide bonds. The van der Waals surface area contributed by atoms with E-state index >= 15 is 0 Å². The van der Waals surface area contributed by atoms with Crippen LogP contribution in [0.4, 0.5) is 0 Å². The van der Waals surface area contributed by atoms with Crippen LogP contribution in [0.2, 0.25) is 0 Å². The fourth-order valence-electron chi connectivity index (χ4n) is 1.61. The highest BCUT2D eigenvalue weighted by atomic mass is 79.9. The third-order valence-electron chi connectivity index (χ3n) is 2.60. The molecule has 2 aromatic rings. The van der Waals surface area contributed by atoms with Gasteiger partial charge in [-0.1, -0.05) is 58.4 Å². The van der Waals surface area contributed by atoms with Crippen molar-refractivity contribution in [1.29, 1.82) is 0 Å². The van der Waals surface area contributed by atoms with Crippen LogP contribution in [0.15, 0.2) is 70.0 Å². The maximum Gasteiger partial charge on any atom is 0.181 e. The van der Waals surface area contributed by atoms with E-state index in [4.69, 9.17) is 0 Å². The Kier molecular flexibility index (Phi) is 4.56. The van der Waals surface area contributed by atoms with Crippen molar-refractivity contribution in [2.45, 2.75) is 4.90 Å². The molecule has 0 bridgehead atoms. The van der Waals surface area contributed by atoms with Gasteiger partial charge in [-0.3, -0.25) is 0 Å². The predicted molar refractivity (Wildman–Crippen MR) is 81.7 cm³/mol. The largest absolute Gasteiger partial charge is 0.223 e. The first-order valence-corrected chi connectivity index (χ1v) is 8.22. The Hall–Kier alpha value is -1.39. The van der Waals surface area contributed by atoms with E-state index < -0.39 is 9.84 Å². The Balaban J connectivity index is 2.08. The van der Waals surface area contributed by atoms with Gasteiger partial charge in [-0.2, -0.15) is 0 Å². The summed E-state index contributed by atoms with van der Waals surface area (Å²) in [5, 5.41) is 0. The molecule has 0 aliphatic carbocycles. The van der Waals surface area contributed by atoms with E-state index in [-0.39, 0.29) is 5.75 Å². The lowest BCUT2D eigenvalue weighted by atomic mass is 10.2. The van der Waals surface area contributed by atoms with Gasteiger partial charge in [-0.15, -0.1) is 0 Å². The molecule has 0 fully saturated rings. The highest BCUT2D eigenvalue weighted by Crippen LogP contribution is 2.13. The van der Waals surface area contributed by atoms with Gasteiger partial charge in [0.25, 0.3) is 0 Å². The number of rotatable bonds is 4. The van der Waals surface area contributed by atoms with Crippen molar-refractivity contribution in [3.63, 3.8) is 0 Å². The molecule has 0 unspecified atom stereocenters. The van der Waals surface area contributed by atoms with Gasteiger partial charge in [0.2, 0.25) is 0 Å². The van der Waals surface area contributed by atoms with E-state index in [1.165, 1.54) is 0 Å². The third kappa shape index (κ3) is 4.04. The molecule has 0 heterocycles. The molecule has 19 heavy (non-hydrogen) atoms. The van der Waals surface area contributed by atoms with Crippen molar-refractivity contribution in [1.82, 2.24) is 0 Å². The standard InChI is InChI=1S/C15H13BrO2S/c16-14-10-8-13(9-11-14)5-4-12-19(17,18)15-6-2-1-3-7-15/h1-11H,12H2/b5-4+. The van der Waals surface area contributed by atoms with Crippen LogP contribution in [-0.2, 0) is 9.84 Å². The minimum Gasteiger partial charge on any atom is -0.223 e. The van der Waals surface area contributed by atoms with Gasteiger partial charge in [0, 0.05) is 4.47 Å². The van der Waals surface area contributed by atoms with Crippen molar-refractivity contribution in [2.75, 3.05) is 5.75 Å². The lowest BCUT2D eigenvalue weighted by Crippen LogP contribution is -2.04. The van der Waals surface area contributed by atoms with Crippen LogP contribution in [-0.4, -0.2) is 14.2 Å². The van der Waals surface area contributed by atoms with Gasteiger partial charge in [-0.25, -0.2) is 8.42 Å². The van der Waals surface area contributed by atoms with Crippen LogP contribution in [0, 0.1) is 0 Å². The van der Waals surface area contributed by atoms with E-state index in [9.17, 15) is 8.42 Å². The monoisotopic (exact) mass is 336 g/mol. The minimum atomic E-state index is -3.23. The molecule has 2 aromatic carbocycles. The lowest BCUT2D eigenvalue weighted by Gasteiger charge is -2.00. The molecule has 4 heteroatoms. The Labute approximate surface area is 121 Å². The first-order valence-electron chi connectivity index (χ1n) is 5.78. The molecular formula is C15H13BrO2S. The molecule has 0 atom stereocenters. The normalized spacial score (nSPS) is 11.8. The fourth-order valence-corrected chi connectivity index (χ4v) is 2.99. The minimum absolute atomic E-state index is 0.00702. The SMILES string of the molecule is O=S(=O)(C/C=C/c1ccc(Br)cc1)c1ccccc1. The molecule has 0 saturated heterocycles. The van der Waals surface area contributed by atoms with Gasteiger partial charge in [0.1, 0.15) is 0 Å². The summed E-state index contributed by atoms with van der Waals surface area (Å²) in [6.07, 6.45) is 3.48. The Morgan fingerprint density at radius 1 is 0.947 bits per heavy atom. The summed E-state index contributed by atoms with van der Waals surface area (Å²) in [5.74, 6) is 0.00702. The van der Waals surface area contributed by atoms with Crippen molar-refractivity contribution < 1.29 is 8.42 Å². The summed E-state index contributed by atoms with van der Waals surface area (Å²) in [5.41, 5.74) is 0.978. The van der Waals surface area contributed by atoms with Gasteiger partial charge in [0.05, 0.1) is 10.6 Å². The fraction of sp³-hybridized carbons (Fsp3) is 0.0667. The average molecular weight is 337 g/mol. The molecule has 0 aliphatic heterocycles. The van der Waals surface area contributed by atoms with E-state index in [1.54, 1.807) is 36.4 Å². The predicted octanol–water partition coefficient (Wildman–Crippen LogP) is 3.94. The quantitative estimate of drug-likeness (QED) is 0.847. The Morgan fingerprint density at radius 3 is 2.21 bits per heavy atom. The number of hydrogen-bond donors (Lipinski definition) is 0. The van der Waals surface area contributed by atoms with Crippen molar-refractivity contribution in [3.05, 3.63) is 70.7 Å². The summed E-state index contributed by atoms with van der Waals surface area (Å²) in [6.45, 7) is 0. The van der Waals surface area contributed by atoms with Crippen LogP contribution in [0.5, 0.6) is 0 Å². The van der Waals surface area contributed by atoms with Crippen LogP contribution < -0.4 is 0 Å². The topological polar surface area (TPSA) is 34.1 Å². The summed E-state index contributed by atoms with van der Waals surface area (Å²) in [7, 11) is -3.23. The van der Waals surface area contributed by atoms with Gasteiger partial charge >= 0.3 is 0 Å². The summed E-state index contributed by atoms with van der Waals surface area (Å²) >= 11 is 3.36. The summed E-state index contributed by atoms with van der Waals surface area (Å²) in [6, 6.07) is 16.2. The van der Waals surface area contributed by atoms with Crippen molar-refractivity contribution >= 4 is 31.8 Å². The molecular weight excluding hydrogens is 324 g/mol. The Morgan fingerprint density at radius 2 is 1.58 bits per heavy atom. The van der Waals surface area contributed by atoms with Crippen LogP contribution >= 0.6 is 15.9 Å². The lowest BCUT2D eigenvalue weighted by molar-refractivity contribution is 0.599. The average Bonchev–Trinajstić information content (AvgIpc) is 2.42. The van der Waals surface area contributed by atoms with Crippen LogP contribution in [0.1, 0.15) is 5.56 Å². The van der Waals surface area contributed by atoms with Gasteiger partial charge in [-0.05, 0) is 29.8 Å². The van der Waals surface area contributed by atoms with Crippen molar-refractivity contribution in [3.8, 4) is 0 Å². The maximum atomic E-state index is 12.0. The maximum absolute atomic E-state index is 12.0. The zero-order chi connectivity index (χ0) is 13.7. The molecule has 2 rings (SSSR count). The second-order valence-electron chi connectivity index (χ2n) is 4.05. The number of sulfone groups is 1. The van der Waals surface area contributed by atoms with E-state index in [2.05, 4.69) is 15.9 Å². The van der Waals surface area contributed by atoms with Crippen LogP contribution in [0.3, 0.4) is 0 Å². The molecule has 0 saturated carbocycles. The molecule has 0 radical (unpaired) electrons. The first kappa shape index (κ1) is 14.0. The first-order chi connectivity index (χ1) is 9.08. The van der Waals surface area contributed by atoms with E-state index in [0.29, 0.717) is 4.90 Å². The summed E-state index contributed by atoms with van der Waals surface area (Å²) in [4.78, 5) is 0.357. The highest BCUT2D eigenvalue weighted by Gasteiger charge is 2.10. The van der Waals surface area contributed by atoms with E-state index in [1.807, 2.05) is 30.3 Å². The van der Waals surface area contributed by atoms with Gasteiger partial charge < -0.3 is 0 Å². The number of benzene rings is 2. The third-order valence-corrected chi connectivity index (χ3v) is 4.75. The van der Waals surface area contributed by atoms with Crippen LogP contribution in [0.25, 0.3) is 6.08 Å². The number of halogens is 1. The molecule has 0 N–H and O–H groups in total. The molecule has 0 spiro atoms. The summed E-state index contributed by atoms with van der Waals surface area (Å²) < 4.78 is 25.0.